The van der Waals surface area contributed by atoms with Gasteiger partial charge in [0.25, 0.3) is 11.5 Å². The summed E-state index contributed by atoms with van der Waals surface area (Å²) in [5.74, 6) is 0.243. The molecule has 4 N–H and O–H groups in total. The van der Waals surface area contributed by atoms with E-state index >= 15 is 0 Å². The van der Waals surface area contributed by atoms with Crippen LogP contribution in [-0.2, 0) is 4.74 Å². The predicted molar refractivity (Wildman–Crippen MR) is 118 cm³/mol. The third kappa shape index (κ3) is 3.67. The van der Waals surface area contributed by atoms with Crippen LogP contribution in [0.3, 0.4) is 0 Å². The number of ether oxygens (including phenoxy) is 1. The minimum Gasteiger partial charge on any atom is -0.386 e. The molecule has 4 aromatic heterocycles. The number of aromatic nitrogens is 6. The molecular formula is C20H21N9O4. The van der Waals surface area contributed by atoms with Gasteiger partial charge in [-0.05, 0) is 25.0 Å². The monoisotopic (exact) mass is 451 g/mol. The van der Waals surface area contributed by atoms with E-state index in [1.807, 2.05) is 0 Å². The summed E-state index contributed by atoms with van der Waals surface area (Å²) in [7, 11) is 3.33. The number of carbonyl (C=O) groups excluding carboxylic acids is 1. The number of anilines is 3. The number of aromatic amines is 1. The summed E-state index contributed by atoms with van der Waals surface area (Å²) in [5, 5.41) is 23.1. The van der Waals surface area contributed by atoms with E-state index in [0.717, 1.165) is 12.8 Å². The summed E-state index contributed by atoms with van der Waals surface area (Å²) < 4.78 is 12.0. The summed E-state index contributed by atoms with van der Waals surface area (Å²) in [6, 6.07) is 4.89. The molecule has 0 aliphatic heterocycles. The van der Waals surface area contributed by atoms with Crippen LogP contribution in [0.25, 0.3) is 16.9 Å². The lowest BCUT2D eigenvalue weighted by atomic mass is 9.89. The molecule has 0 bridgehead atoms. The van der Waals surface area contributed by atoms with Crippen molar-refractivity contribution in [2.75, 3.05) is 24.8 Å². The van der Waals surface area contributed by atoms with Crippen LogP contribution in [0.5, 0.6) is 0 Å². The van der Waals surface area contributed by atoms with Gasteiger partial charge in [-0.25, -0.2) is 4.98 Å². The van der Waals surface area contributed by atoms with Gasteiger partial charge < -0.3 is 25.2 Å². The minimum absolute atomic E-state index is 0.0139. The molecule has 2 atom stereocenters. The number of carbonyl (C=O) groups is 1. The van der Waals surface area contributed by atoms with Crippen molar-refractivity contribution >= 4 is 34.1 Å². The maximum absolute atomic E-state index is 12.9. The Morgan fingerprint density at radius 3 is 2.88 bits per heavy atom. The lowest BCUT2D eigenvalue weighted by molar-refractivity contribution is 0.00678. The molecule has 0 saturated heterocycles. The highest BCUT2D eigenvalue weighted by atomic mass is 16.5. The van der Waals surface area contributed by atoms with Gasteiger partial charge >= 0.3 is 0 Å². The Kier molecular flexibility index (Phi) is 5.22. The molecule has 1 saturated carbocycles. The summed E-state index contributed by atoms with van der Waals surface area (Å²) in [5.41, 5.74) is 1.16. The Hall–Kier alpha value is -4.26. The van der Waals surface area contributed by atoms with Crippen LogP contribution in [0, 0.1) is 0 Å². The van der Waals surface area contributed by atoms with Gasteiger partial charge in [-0.15, -0.1) is 5.10 Å². The zero-order valence-corrected chi connectivity index (χ0v) is 17.8. The van der Waals surface area contributed by atoms with E-state index in [2.05, 4.69) is 41.5 Å². The smallest absolute Gasteiger partial charge is 0.292 e. The molecule has 0 aromatic carbocycles. The molecule has 1 aliphatic carbocycles. The molecular weight excluding hydrogens is 430 g/mol. The molecule has 1 amide bonds. The third-order valence-corrected chi connectivity index (χ3v) is 5.60. The van der Waals surface area contributed by atoms with Gasteiger partial charge in [-0.2, -0.15) is 10.3 Å². The first-order chi connectivity index (χ1) is 16.1. The number of rotatable bonds is 7. The Bertz CT molecular complexity index is 1360. The molecule has 13 nitrogen and oxygen atoms in total. The van der Waals surface area contributed by atoms with Crippen molar-refractivity contribution in [2.45, 2.75) is 25.0 Å². The second kappa shape index (κ2) is 8.35. The fourth-order valence-corrected chi connectivity index (χ4v) is 3.70. The zero-order chi connectivity index (χ0) is 22.9. The molecule has 5 rings (SSSR count). The fraction of sp³-hybridized carbons (Fsp3) is 0.300. The number of pyridine rings is 2. The Morgan fingerprint density at radius 2 is 2.18 bits per heavy atom. The van der Waals surface area contributed by atoms with Crippen molar-refractivity contribution in [3.63, 3.8) is 0 Å². The van der Waals surface area contributed by atoms with Gasteiger partial charge in [0.1, 0.15) is 17.0 Å². The second-order valence-electron chi connectivity index (χ2n) is 7.50. The quantitative estimate of drug-likeness (QED) is 0.321. The van der Waals surface area contributed by atoms with Gasteiger partial charge in [0.05, 0.1) is 24.0 Å². The van der Waals surface area contributed by atoms with E-state index in [1.165, 1.54) is 10.8 Å². The number of hydrogen-bond donors (Lipinski definition) is 4. The highest BCUT2D eigenvalue weighted by molar-refractivity contribution is 6.05. The van der Waals surface area contributed by atoms with E-state index in [0.29, 0.717) is 22.8 Å². The molecule has 0 radical (unpaired) electrons. The summed E-state index contributed by atoms with van der Waals surface area (Å²) in [6.45, 7) is 0. The van der Waals surface area contributed by atoms with Crippen molar-refractivity contribution in [3.05, 3.63) is 46.7 Å². The highest BCUT2D eigenvalue weighted by Gasteiger charge is 2.34. The SMILES string of the molecule is CNc1cc(Nc2cccn(-c3cn[nH]n3)c2=O)nc2c(C(=O)N[C@@H]3CC[C@H]3OC)onc12. The largest absolute Gasteiger partial charge is 0.386 e. The minimum atomic E-state index is -0.427. The van der Waals surface area contributed by atoms with Gasteiger partial charge in [0.2, 0.25) is 5.76 Å². The topological polar surface area (TPSA) is 165 Å². The number of nitrogens with one attached hydrogen (secondary N) is 4. The fourth-order valence-electron chi connectivity index (χ4n) is 3.70. The van der Waals surface area contributed by atoms with Crippen LogP contribution >= 0.6 is 0 Å². The molecule has 4 heterocycles. The van der Waals surface area contributed by atoms with Crippen LogP contribution in [0.15, 0.2) is 39.9 Å². The lowest BCUT2D eigenvalue weighted by Gasteiger charge is -2.35. The molecule has 33 heavy (non-hydrogen) atoms. The number of hydrogen-bond acceptors (Lipinski definition) is 10. The lowest BCUT2D eigenvalue weighted by Crippen LogP contribution is -2.51. The molecule has 4 aromatic rings. The van der Waals surface area contributed by atoms with Crippen molar-refractivity contribution in [1.82, 2.24) is 35.4 Å². The summed E-state index contributed by atoms with van der Waals surface area (Å²) in [4.78, 5) is 30.2. The van der Waals surface area contributed by atoms with E-state index in [4.69, 9.17) is 9.26 Å². The average Bonchev–Trinajstić information content (AvgIpc) is 3.48. The molecule has 170 valence electrons. The highest BCUT2D eigenvalue weighted by Crippen LogP contribution is 2.29. The van der Waals surface area contributed by atoms with E-state index in [1.54, 1.807) is 38.6 Å². The number of methoxy groups -OCH3 is 1. The summed E-state index contributed by atoms with van der Waals surface area (Å²) >= 11 is 0. The molecule has 13 heteroatoms. The van der Waals surface area contributed by atoms with Crippen molar-refractivity contribution < 1.29 is 14.1 Å². The number of fused-ring (bicyclic) bond motifs is 1. The van der Waals surface area contributed by atoms with E-state index < -0.39 is 5.91 Å². The van der Waals surface area contributed by atoms with Crippen molar-refractivity contribution in [3.8, 4) is 5.82 Å². The maximum Gasteiger partial charge on any atom is 0.292 e. The zero-order valence-electron chi connectivity index (χ0n) is 17.8. The predicted octanol–water partition coefficient (Wildman–Crippen LogP) is 1.18. The van der Waals surface area contributed by atoms with Crippen LogP contribution in [0.1, 0.15) is 23.4 Å². The van der Waals surface area contributed by atoms with Crippen LogP contribution in [0.2, 0.25) is 0 Å². The second-order valence-corrected chi connectivity index (χ2v) is 7.50. The van der Waals surface area contributed by atoms with Gasteiger partial charge in [-0.3, -0.25) is 14.2 Å². The Morgan fingerprint density at radius 1 is 1.30 bits per heavy atom. The molecule has 0 spiro atoms. The number of H-pyrrole nitrogens is 1. The Labute approximate surface area is 186 Å². The summed E-state index contributed by atoms with van der Waals surface area (Å²) in [6.07, 6.45) is 4.71. The first-order valence-corrected chi connectivity index (χ1v) is 10.3. The first-order valence-electron chi connectivity index (χ1n) is 10.3. The normalized spacial score (nSPS) is 17.5. The van der Waals surface area contributed by atoms with Gasteiger partial charge in [0.15, 0.2) is 11.3 Å². The number of nitrogens with zero attached hydrogens (tertiary/aromatic N) is 5. The number of amides is 1. The van der Waals surface area contributed by atoms with Gasteiger partial charge in [-0.1, -0.05) is 5.16 Å². The van der Waals surface area contributed by atoms with E-state index in [9.17, 15) is 9.59 Å². The van der Waals surface area contributed by atoms with Gasteiger partial charge in [0, 0.05) is 26.4 Å². The maximum atomic E-state index is 12.9. The standard InChI is InChI=1S/C20H21N9O4/c1-21-12-8-14(23-11-4-3-7-29(20(11)31)15-9-22-28-26-15)25-17-16(12)27-33-18(17)19(30)24-10-5-6-13(10)32-2/h3-4,7-10,13,21H,5-6H2,1-2H3,(H,23,25)(H,24,30)(H,22,26,28)/t10-,13-/m1/s1. The average molecular weight is 451 g/mol. The Balaban J connectivity index is 1.48. The van der Waals surface area contributed by atoms with Crippen molar-refractivity contribution in [1.29, 1.82) is 0 Å². The first kappa shape index (κ1) is 20.6. The van der Waals surface area contributed by atoms with E-state index in [-0.39, 0.29) is 34.7 Å². The molecule has 1 fully saturated rings. The van der Waals surface area contributed by atoms with Crippen LogP contribution in [-0.4, -0.2) is 62.3 Å². The van der Waals surface area contributed by atoms with Crippen molar-refractivity contribution in [2.24, 2.45) is 0 Å². The molecule has 0 unspecified atom stereocenters. The van der Waals surface area contributed by atoms with Crippen LogP contribution < -0.4 is 21.5 Å². The molecule has 1 aliphatic rings. The van der Waals surface area contributed by atoms with Crippen LogP contribution in [0.4, 0.5) is 17.2 Å². The third-order valence-electron chi connectivity index (χ3n) is 5.60.